The number of nitrogens with two attached hydrogens (primary N) is 2. The fraction of sp³-hybridized carbons (Fsp3) is 0.889. The maximum Gasteiger partial charge on any atom is 0.320 e. The minimum Gasteiger partial charge on any atom is -0.480 e. The quantitative estimate of drug-likeness (QED) is 0.505. The average Bonchev–Trinajstić information content (AvgIpc) is 2.93. The third-order valence-electron chi connectivity index (χ3n) is 4.37. The average molecular weight is 328 g/mol. The van der Waals surface area contributed by atoms with Crippen molar-refractivity contribution in [3.63, 3.8) is 0 Å². The molecule has 0 aromatic carbocycles. The van der Waals surface area contributed by atoms with E-state index < -0.39 is 12.0 Å². The number of carbonyl (C=O) groups excluding carboxylic acids is 1. The van der Waals surface area contributed by atoms with Gasteiger partial charge in [-0.1, -0.05) is 45.4 Å². The Kier molecular flexibility index (Phi) is 14.0. The summed E-state index contributed by atoms with van der Waals surface area (Å²) in [6.45, 7) is 2.84. The molecule has 1 saturated carbocycles. The predicted molar refractivity (Wildman–Crippen MR) is 94.2 cm³/mol. The Labute approximate surface area is 141 Å². The molecule has 0 spiro atoms. The molecule has 5 N–H and O–H groups in total. The second kappa shape index (κ2) is 14.6. The van der Waals surface area contributed by atoms with Crippen molar-refractivity contribution in [1.82, 2.24) is 0 Å². The van der Waals surface area contributed by atoms with Gasteiger partial charge in [-0.15, -0.1) is 0 Å². The van der Waals surface area contributed by atoms with E-state index in [9.17, 15) is 9.59 Å². The Morgan fingerprint density at radius 1 is 1.22 bits per heavy atom. The molecule has 0 radical (unpaired) electrons. The topological polar surface area (TPSA) is 106 Å². The predicted octanol–water partition coefficient (Wildman–Crippen LogP) is 3.24. The molecule has 1 rings (SSSR count). The fourth-order valence-electron chi connectivity index (χ4n) is 2.82. The van der Waals surface area contributed by atoms with Gasteiger partial charge in [-0.2, -0.15) is 0 Å². The lowest BCUT2D eigenvalue weighted by molar-refractivity contribution is -0.138. The first kappa shape index (κ1) is 22.1. The first-order valence-corrected chi connectivity index (χ1v) is 9.24. The molecule has 0 saturated heterocycles. The lowest BCUT2D eigenvalue weighted by Gasteiger charge is -2.06. The van der Waals surface area contributed by atoms with Gasteiger partial charge in [0, 0.05) is 12.3 Å². The minimum absolute atomic E-state index is 0.446. The van der Waals surface area contributed by atoms with Crippen molar-refractivity contribution in [2.75, 3.05) is 6.54 Å². The van der Waals surface area contributed by atoms with Crippen LogP contribution in [0.1, 0.15) is 84.0 Å². The van der Waals surface area contributed by atoms with E-state index in [4.69, 9.17) is 16.6 Å². The number of carbonyl (C=O) groups is 2. The number of Topliss-reactive ketones (excluding diaryl/α,β-unsaturated/α-hetero) is 1. The molecule has 0 aliphatic heterocycles. The molecule has 0 aromatic rings. The van der Waals surface area contributed by atoms with Crippen LogP contribution in [-0.4, -0.2) is 29.4 Å². The second-order valence-corrected chi connectivity index (χ2v) is 6.49. The first-order chi connectivity index (χ1) is 11.0. The summed E-state index contributed by atoms with van der Waals surface area (Å²) < 4.78 is 0. The summed E-state index contributed by atoms with van der Waals surface area (Å²) in [6.07, 6.45) is 13.1. The van der Waals surface area contributed by atoms with Crippen molar-refractivity contribution >= 4 is 11.8 Å². The van der Waals surface area contributed by atoms with Gasteiger partial charge in [-0.25, -0.2) is 0 Å². The van der Waals surface area contributed by atoms with Crippen molar-refractivity contribution < 1.29 is 14.7 Å². The number of rotatable bonds is 11. The van der Waals surface area contributed by atoms with Crippen LogP contribution in [0.3, 0.4) is 0 Å². The highest BCUT2D eigenvalue weighted by Crippen LogP contribution is 2.26. The highest BCUT2D eigenvalue weighted by atomic mass is 16.4. The zero-order chi connectivity index (χ0) is 17.5. The van der Waals surface area contributed by atoms with Crippen molar-refractivity contribution in [2.24, 2.45) is 17.4 Å². The Hall–Kier alpha value is -0.940. The Morgan fingerprint density at radius 3 is 2.43 bits per heavy atom. The monoisotopic (exact) mass is 328 g/mol. The van der Waals surface area contributed by atoms with Gasteiger partial charge >= 0.3 is 5.97 Å². The van der Waals surface area contributed by atoms with Gasteiger partial charge in [0.25, 0.3) is 0 Å². The minimum atomic E-state index is -0.933. The van der Waals surface area contributed by atoms with Crippen molar-refractivity contribution in [3.05, 3.63) is 0 Å². The van der Waals surface area contributed by atoms with E-state index in [1.807, 2.05) is 0 Å². The smallest absolute Gasteiger partial charge is 0.320 e. The van der Waals surface area contributed by atoms with Gasteiger partial charge in [0.05, 0.1) is 0 Å². The lowest BCUT2D eigenvalue weighted by Crippen LogP contribution is -2.29. The van der Waals surface area contributed by atoms with E-state index in [1.54, 1.807) is 0 Å². The summed E-state index contributed by atoms with van der Waals surface area (Å²) in [7, 11) is 0. The SMILES string of the molecule is CCCCCCCC1CCCC1=O.NCCCCC(N)C(=O)O. The molecule has 23 heavy (non-hydrogen) atoms. The fourth-order valence-corrected chi connectivity index (χ4v) is 2.82. The summed E-state index contributed by atoms with van der Waals surface area (Å²) in [5, 5.41) is 8.33. The molecular weight excluding hydrogens is 292 g/mol. The number of carboxylic acid groups (broad SMARTS) is 1. The van der Waals surface area contributed by atoms with Crippen LogP contribution in [0.5, 0.6) is 0 Å². The maximum absolute atomic E-state index is 11.3. The molecule has 1 fully saturated rings. The number of carboxylic acids is 1. The van der Waals surface area contributed by atoms with Crippen LogP contribution in [-0.2, 0) is 9.59 Å². The van der Waals surface area contributed by atoms with Gasteiger partial charge in [0.15, 0.2) is 0 Å². The van der Waals surface area contributed by atoms with E-state index in [2.05, 4.69) is 6.92 Å². The Bertz CT molecular complexity index is 321. The van der Waals surface area contributed by atoms with Crippen LogP contribution >= 0.6 is 0 Å². The summed E-state index contributed by atoms with van der Waals surface area (Å²) in [4.78, 5) is 21.4. The highest BCUT2D eigenvalue weighted by Gasteiger charge is 2.23. The third kappa shape index (κ3) is 12.2. The van der Waals surface area contributed by atoms with E-state index in [0.29, 0.717) is 24.7 Å². The third-order valence-corrected chi connectivity index (χ3v) is 4.37. The highest BCUT2D eigenvalue weighted by molar-refractivity contribution is 5.82. The molecule has 136 valence electrons. The van der Waals surface area contributed by atoms with Gasteiger partial charge in [0.2, 0.25) is 0 Å². The Morgan fingerprint density at radius 2 is 1.91 bits per heavy atom. The number of unbranched alkanes of at least 4 members (excludes halogenated alkanes) is 5. The van der Waals surface area contributed by atoms with Crippen LogP contribution in [0.2, 0.25) is 0 Å². The lowest BCUT2D eigenvalue weighted by atomic mass is 9.98. The van der Waals surface area contributed by atoms with Gasteiger partial charge < -0.3 is 16.6 Å². The van der Waals surface area contributed by atoms with Crippen LogP contribution in [0.15, 0.2) is 0 Å². The first-order valence-electron chi connectivity index (χ1n) is 9.24. The van der Waals surface area contributed by atoms with E-state index in [0.717, 1.165) is 25.7 Å². The van der Waals surface area contributed by atoms with Crippen LogP contribution < -0.4 is 11.5 Å². The molecule has 1 aliphatic carbocycles. The Balaban J connectivity index is 0.000000438. The molecule has 0 bridgehead atoms. The van der Waals surface area contributed by atoms with Crippen molar-refractivity contribution in [1.29, 1.82) is 0 Å². The molecule has 2 atom stereocenters. The second-order valence-electron chi connectivity index (χ2n) is 6.49. The molecular formula is C18H36N2O3. The summed E-state index contributed by atoms with van der Waals surface area (Å²) in [5.74, 6) is 0.0501. The summed E-state index contributed by atoms with van der Waals surface area (Å²) in [5.41, 5.74) is 10.4. The molecule has 0 heterocycles. The van der Waals surface area contributed by atoms with Crippen molar-refractivity contribution in [2.45, 2.75) is 90.0 Å². The normalized spacial score (nSPS) is 18.4. The zero-order valence-corrected chi connectivity index (χ0v) is 14.8. The van der Waals surface area contributed by atoms with Crippen LogP contribution in [0.25, 0.3) is 0 Å². The number of aliphatic carboxylic acids is 1. The van der Waals surface area contributed by atoms with Gasteiger partial charge in [-0.3, -0.25) is 9.59 Å². The molecule has 5 nitrogen and oxygen atoms in total. The number of ketones is 1. The van der Waals surface area contributed by atoms with E-state index in [1.165, 1.54) is 44.9 Å². The standard InChI is InChI=1S/C12H22O.C6H14N2O2/c1-2-3-4-5-6-8-11-9-7-10-12(11)13;7-4-2-1-3-5(8)6(9)10/h11H,2-10H2,1H3;5H,1-4,7-8H2,(H,9,10). The molecule has 0 amide bonds. The summed E-state index contributed by atoms with van der Waals surface area (Å²) in [6, 6.07) is -0.716. The molecule has 1 aliphatic rings. The number of hydrogen-bond acceptors (Lipinski definition) is 4. The summed E-state index contributed by atoms with van der Waals surface area (Å²) >= 11 is 0. The van der Waals surface area contributed by atoms with Crippen LogP contribution in [0.4, 0.5) is 0 Å². The van der Waals surface area contributed by atoms with Crippen LogP contribution in [0, 0.1) is 5.92 Å². The molecule has 0 aromatic heterocycles. The van der Waals surface area contributed by atoms with Gasteiger partial charge in [0.1, 0.15) is 11.8 Å². The van der Waals surface area contributed by atoms with E-state index >= 15 is 0 Å². The van der Waals surface area contributed by atoms with Crippen molar-refractivity contribution in [3.8, 4) is 0 Å². The zero-order valence-electron chi connectivity index (χ0n) is 14.8. The molecule has 5 heteroatoms. The van der Waals surface area contributed by atoms with Gasteiger partial charge in [-0.05, 0) is 38.6 Å². The van der Waals surface area contributed by atoms with E-state index in [-0.39, 0.29) is 0 Å². The maximum atomic E-state index is 11.3. The number of hydrogen-bond donors (Lipinski definition) is 3. The largest absolute Gasteiger partial charge is 0.480 e. The molecule has 2 unspecified atom stereocenters.